The summed E-state index contributed by atoms with van der Waals surface area (Å²) >= 11 is 5.80. The van der Waals surface area contributed by atoms with Crippen molar-refractivity contribution in [3.63, 3.8) is 0 Å². The zero-order valence-corrected chi connectivity index (χ0v) is 12.2. The Morgan fingerprint density at radius 3 is 2.65 bits per heavy atom. The maximum absolute atomic E-state index is 5.80. The van der Waals surface area contributed by atoms with E-state index < -0.39 is 0 Å². The van der Waals surface area contributed by atoms with Gasteiger partial charge in [0.05, 0.1) is 0 Å². The first-order valence-electron chi connectivity index (χ1n) is 6.68. The average Bonchev–Trinajstić information content (AvgIpc) is 2.91. The zero-order chi connectivity index (χ0) is 14.2. The fraction of sp³-hybridized carbons (Fsp3) is 0.429. The smallest absolute Gasteiger partial charge is 0.253 e. The summed E-state index contributed by atoms with van der Waals surface area (Å²) in [5.74, 6) is 1.83. The molecule has 0 fully saturated rings. The SMILES string of the molecule is CCCNCCc1nnc(COc2ccc(Cl)cc2)o1. The molecule has 0 spiro atoms. The molecule has 0 amide bonds. The van der Waals surface area contributed by atoms with Crippen LogP contribution in [0, 0.1) is 0 Å². The van der Waals surface area contributed by atoms with Crippen molar-refractivity contribution in [2.24, 2.45) is 0 Å². The highest BCUT2D eigenvalue weighted by Crippen LogP contribution is 2.16. The Kier molecular flexibility index (Phi) is 5.83. The van der Waals surface area contributed by atoms with Gasteiger partial charge in [-0.1, -0.05) is 18.5 Å². The molecule has 1 N–H and O–H groups in total. The van der Waals surface area contributed by atoms with Gasteiger partial charge in [0.25, 0.3) is 5.89 Å². The van der Waals surface area contributed by atoms with Crippen LogP contribution in [0.4, 0.5) is 0 Å². The van der Waals surface area contributed by atoms with E-state index in [-0.39, 0.29) is 6.61 Å². The molecule has 0 aliphatic rings. The summed E-state index contributed by atoms with van der Waals surface area (Å²) in [5.41, 5.74) is 0. The lowest BCUT2D eigenvalue weighted by atomic mass is 10.3. The van der Waals surface area contributed by atoms with Gasteiger partial charge in [0.2, 0.25) is 5.89 Å². The summed E-state index contributed by atoms with van der Waals surface area (Å²) in [6, 6.07) is 7.15. The molecule has 20 heavy (non-hydrogen) atoms. The lowest BCUT2D eigenvalue weighted by Gasteiger charge is -2.02. The second-order valence-electron chi connectivity index (χ2n) is 4.33. The van der Waals surface area contributed by atoms with Gasteiger partial charge in [-0.3, -0.25) is 0 Å². The maximum atomic E-state index is 5.80. The molecule has 1 aromatic heterocycles. The fourth-order valence-corrected chi connectivity index (χ4v) is 1.75. The number of nitrogens with zero attached hydrogens (tertiary/aromatic N) is 2. The third-order valence-corrected chi connectivity index (χ3v) is 2.88. The van der Waals surface area contributed by atoms with E-state index in [1.165, 1.54) is 0 Å². The minimum absolute atomic E-state index is 0.261. The van der Waals surface area contributed by atoms with Gasteiger partial charge in [0.15, 0.2) is 6.61 Å². The number of benzene rings is 1. The number of hydrogen-bond acceptors (Lipinski definition) is 5. The van der Waals surface area contributed by atoms with Crippen molar-refractivity contribution in [1.29, 1.82) is 0 Å². The van der Waals surface area contributed by atoms with Gasteiger partial charge >= 0.3 is 0 Å². The van der Waals surface area contributed by atoms with Crippen LogP contribution in [0.5, 0.6) is 5.75 Å². The molecule has 0 unspecified atom stereocenters. The van der Waals surface area contributed by atoms with Gasteiger partial charge in [-0.2, -0.15) is 0 Å². The van der Waals surface area contributed by atoms with Gasteiger partial charge in [-0.15, -0.1) is 10.2 Å². The molecule has 0 atom stereocenters. The van der Waals surface area contributed by atoms with Crippen LogP contribution in [-0.4, -0.2) is 23.3 Å². The minimum atomic E-state index is 0.261. The van der Waals surface area contributed by atoms with Crippen molar-refractivity contribution >= 4 is 11.6 Å². The predicted octanol–water partition coefficient (Wildman–Crippen LogP) is 2.84. The van der Waals surface area contributed by atoms with Crippen LogP contribution in [0.25, 0.3) is 0 Å². The van der Waals surface area contributed by atoms with Gasteiger partial charge in [0.1, 0.15) is 5.75 Å². The number of nitrogens with one attached hydrogen (secondary N) is 1. The van der Waals surface area contributed by atoms with Crippen molar-refractivity contribution in [2.45, 2.75) is 26.4 Å². The highest BCUT2D eigenvalue weighted by atomic mass is 35.5. The van der Waals surface area contributed by atoms with Crippen molar-refractivity contribution in [3.05, 3.63) is 41.1 Å². The Labute approximate surface area is 123 Å². The first kappa shape index (κ1) is 14.8. The fourth-order valence-electron chi connectivity index (χ4n) is 1.62. The molecule has 2 aromatic rings. The largest absolute Gasteiger partial charge is 0.484 e. The summed E-state index contributed by atoms with van der Waals surface area (Å²) in [7, 11) is 0. The topological polar surface area (TPSA) is 60.2 Å². The molecule has 1 aromatic carbocycles. The van der Waals surface area contributed by atoms with Crippen molar-refractivity contribution in [1.82, 2.24) is 15.5 Å². The maximum Gasteiger partial charge on any atom is 0.253 e. The first-order chi connectivity index (χ1) is 9.78. The number of halogens is 1. The summed E-state index contributed by atoms with van der Waals surface area (Å²) in [5, 5.41) is 11.9. The van der Waals surface area contributed by atoms with Gasteiger partial charge in [0, 0.05) is 18.0 Å². The van der Waals surface area contributed by atoms with E-state index in [1.807, 2.05) is 0 Å². The lowest BCUT2D eigenvalue weighted by molar-refractivity contribution is 0.259. The molecule has 0 saturated carbocycles. The van der Waals surface area contributed by atoms with E-state index >= 15 is 0 Å². The molecule has 1 heterocycles. The molecule has 2 rings (SSSR count). The first-order valence-corrected chi connectivity index (χ1v) is 7.06. The van der Waals surface area contributed by atoms with E-state index in [0.717, 1.165) is 31.7 Å². The van der Waals surface area contributed by atoms with Crippen LogP contribution in [0.2, 0.25) is 5.02 Å². The normalized spacial score (nSPS) is 10.7. The Hall–Kier alpha value is -1.59. The van der Waals surface area contributed by atoms with Crippen LogP contribution < -0.4 is 10.1 Å². The molecule has 6 heteroatoms. The minimum Gasteiger partial charge on any atom is -0.484 e. The van der Waals surface area contributed by atoms with Crippen LogP contribution >= 0.6 is 11.6 Å². The molecule has 108 valence electrons. The van der Waals surface area contributed by atoms with Gasteiger partial charge < -0.3 is 14.5 Å². The van der Waals surface area contributed by atoms with E-state index in [0.29, 0.717) is 16.8 Å². The van der Waals surface area contributed by atoms with E-state index in [4.69, 9.17) is 20.8 Å². The van der Waals surface area contributed by atoms with Gasteiger partial charge in [-0.25, -0.2) is 0 Å². The highest BCUT2D eigenvalue weighted by Gasteiger charge is 2.06. The second kappa shape index (κ2) is 7.87. The quantitative estimate of drug-likeness (QED) is 0.759. The molecule has 0 aliphatic carbocycles. The molecule has 0 radical (unpaired) electrons. The number of aromatic nitrogens is 2. The number of ether oxygens (including phenoxy) is 1. The zero-order valence-electron chi connectivity index (χ0n) is 11.4. The molecule has 0 saturated heterocycles. The van der Waals surface area contributed by atoms with E-state index in [1.54, 1.807) is 24.3 Å². The standard InChI is InChI=1S/C14H18ClN3O2/c1-2-8-16-9-7-13-17-18-14(20-13)10-19-12-5-3-11(15)4-6-12/h3-6,16H,2,7-10H2,1H3. The molecule has 0 aliphatic heterocycles. The predicted molar refractivity (Wildman–Crippen MR) is 76.9 cm³/mol. The van der Waals surface area contributed by atoms with E-state index in [2.05, 4.69) is 22.4 Å². The second-order valence-corrected chi connectivity index (χ2v) is 4.77. The van der Waals surface area contributed by atoms with Crippen LogP contribution in [0.3, 0.4) is 0 Å². The molecular formula is C14H18ClN3O2. The third kappa shape index (κ3) is 4.83. The van der Waals surface area contributed by atoms with Gasteiger partial charge in [-0.05, 0) is 37.2 Å². The molecule has 5 nitrogen and oxygen atoms in total. The van der Waals surface area contributed by atoms with Crippen LogP contribution in [0.15, 0.2) is 28.7 Å². The third-order valence-electron chi connectivity index (χ3n) is 2.63. The van der Waals surface area contributed by atoms with Crippen LogP contribution in [-0.2, 0) is 13.0 Å². The molecular weight excluding hydrogens is 278 g/mol. The lowest BCUT2D eigenvalue weighted by Crippen LogP contribution is -2.17. The van der Waals surface area contributed by atoms with Crippen LogP contribution in [0.1, 0.15) is 25.1 Å². The summed E-state index contributed by atoms with van der Waals surface area (Å²) in [4.78, 5) is 0. The van der Waals surface area contributed by atoms with Crippen molar-refractivity contribution < 1.29 is 9.15 Å². The van der Waals surface area contributed by atoms with Crippen molar-refractivity contribution in [3.8, 4) is 5.75 Å². The number of rotatable bonds is 8. The Morgan fingerprint density at radius 2 is 1.90 bits per heavy atom. The summed E-state index contributed by atoms with van der Waals surface area (Å²) in [6.07, 6.45) is 1.85. The van der Waals surface area contributed by atoms with E-state index in [9.17, 15) is 0 Å². The van der Waals surface area contributed by atoms with Crippen molar-refractivity contribution in [2.75, 3.05) is 13.1 Å². The highest BCUT2D eigenvalue weighted by molar-refractivity contribution is 6.30. The monoisotopic (exact) mass is 295 g/mol. The summed E-state index contributed by atoms with van der Waals surface area (Å²) < 4.78 is 11.0. The Balaban J connectivity index is 1.76. The summed E-state index contributed by atoms with van der Waals surface area (Å²) in [6.45, 7) is 4.23. The number of hydrogen-bond donors (Lipinski definition) is 1. The Bertz CT molecular complexity index is 513. The Morgan fingerprint density at radius 1 is 1.15 bits per heavy atom. The average molecular weight is 296 g/mol. The molecule has 0 bridgehead atoms.